The number of oxazole rings is 1. The van der Waals surface area contributed by atoms with Gasteiger partial charge in [0.05, 0.1) is 0 Å². The maximum Gasteiger partial charge on any atom is 0.276 e. The first-order chi connectivity index (χ1) is 11.7. The van der Waals surface area contributed by atoms with Crippen molar-refractivity contribution in [2.45, 2.75) is 18.9 Å². The van der Waals surface area contributed by atoms with Crippen molar-refractivity contribution in [2.24, 2.45) is 5.73 Å². The van der Waals surface area contributed by atoms with Crippen LogP contribution in [0.1, 0.15) is 23.3 Å². The Labute approximate surface area is 139 Å². The fraction of sp³-hybridized carbons (Fsp3) is 0.412. The summed E-state index contributed by atoms with van der Waals surface area (Å²) < 4.78 is 16.6. The smallest absolute Gasteiger partial charge is 0.276 e. The number of nitrogens with zero attached hydrogens (tertiary/aromatic N) is 2. The number of carbonyl (C=O) groups is 1. The summed E-state index contributed by atoms with van der Waals surface area (Å²) in [4.78, 5) is 18.7. The molecule has 0 aliphatic carbocycles. The molecule has 1 fully saturated rings. The third-order valence-corrected chi connectivity index (χ3v) is 4.32. The monoisotopic (exact) mass is 329 g/mol. The Morgan fingerprint density at radius 3 is 2.92 bits per heavy atom. The third kappa shape index (κ3) is 2.71. The maximum absolute atomic E-state index is 12.8. The molecule has 0 spiro atoms. The van der Waals surface area contributed by atoms with Gasteiger partial charge < -0.3 is 24.5 Å². The Morgan fingerprint density at radius 1 is 1.25 bits per heavy atom. The lowest BCUT2D eigenvalue weighted by molar-refractivity contribution is 0.0704. The summed E-state index contributed by atoms with van der Waals surface area (Å²) in [5.41, 5.74) is 7.02. The highest BCUT2D eigenvalue weighted by Crippen LogP contribution is 2.35. The Balaban J connectivity index is 1.64. The van der Waals surface area contributed by atoms with Gasteiger partial charge in [0.25, 0.3) is 5.91 Å². The number of amides is 1. The molecule has 1 amide bonds. The van der Waals surface area contributed by atoms with Crippen LogP contribution in [-0.4, -0.2) is 48.1 Å². The summed E-state index contributed by atoms with van der Waals surface area (Å²) in [5, 5.41) is 0. The second kappa shape index (κ2) is 6.16. The zero-order valence-corrected chi connectivity index (χ0v) is 13.2. The minimum Gasteiger partial charge on any atom is -0.486 e. The average Bonchev–Trinajstić information content (AvgIpc) is 3.10. The molecule has 1 atom stereocenters. The molecule has 126 valence electrons. The molecule has 24 heavy (non-hydrogen) atoms. The number of ether oxygens (including phenoxy) is 2. The van der Waals surface area contributed by atoms with Gasteiger partial charge in [0.1, 0.15) is 13.2 Å². The van der Waals surface area contributed by atoms with Crippen molar-refractivity contribution in [1.29, 1.82) is 0 Å². The van der Waals surface area contributed by atoms with Crippen molar-refractivity contribution < 1.29 is 18.7 Å². The lowest BCUT2D eigenvalue weighted by Crippen LogP contribution is -2.45. The number of likely N-dealkylation sites (tertiary alicyclic amines) is 1. The third-order valence-electron chi connectivity index (χ3n) is 4.32. The lowest BCUT2D eigenvalue weighted by Gasteiger charge is -2.30. The van der Waals surface area contributed by atoms with Crippen molar-refractivity contribution in [3.63, 3.8) is 0 Å². The number of hydrogen-bond acceptors (Lipinski definition) is 6. The molecule has 7 heteroatoms. The highest BCUT2D eigenvalue weighted by Gasteiger charge is 2.27. The predicted molar refractivity (Wildman–Crippen MR) is 86.0 cm³/mol. The normalized spacial score (nSPS) is 20.0. The first kappa shape index (κ1) is 15.0. The van der Waals surface area contributed by atoms with E-state index in [0.717, 1.165) is 18.4 Å². The first-order valence-electron chi connectivity index (χ1n) is 8.11. The topological polar surface area (TPSA) is 90.8 Å². The Bertz CT molecular complexity index is 758. The molecule has 2 aromatic rings. The van der Waals surface area contributed by atoms with Gasteiger partial charge in [-0.05, 0) is 31.0 Å². The van der Waals surface area contributed by atoms with Crippen molar-refractivity contribution in [3.05, 3.63) is 30.3 Å². The fourth-order valence-electron chi connectivity index (χ4n) is 3.13. The van der Waals surface area contributed by atoms with Gasteiger partial charge in [0.2, 0.25) is 0 Å². The highest BCUT2D eigenvalue weighted by molar-refractivity contribution is 5.97. The van der Waals surface area contributed by atoms with Gasteiger partial charge >= 0.3 is 0 Å². The van der Waals surface area contributed by atoms with Crippen LogP contribution in [-0.2, 0) is 0 Å². The van der Waals surface area contributed by atoms with Crippen molar-refractivity contribution in [1.82, 2.24) is 9.88 Å². The zero-order chi connectivity index (χ0) is 16.5. The van der Waals surface area contributed by atoms with Gasteiger partial charge in [-0.1, -0.05) is 0 Å². The SMILES string of the molecule is NC1CCCN(C(=O)c2ncoc2-c2ccc3c(c2)OCCO3)C1. The van der Waals surface area contributed by atoms with Gasteiger partial charge in [-0.25, -0.2) is 4.98 Å². The second-order valence-electron chi connectivity index (χ2n) is 6.04. The molecule has 1 aromatic carbocycles. The van der Waals surface area contributed by atoms with E-state index < -0.39 is 0 Å². The molecule has 1 aromatic heterocycles. The van der Waals surface area contributed by atoms with Crippen LogP contribution in [0.25, 0.3) is 11.3 Å². The second-order valence-corrected chi connectivity index (χ2v) is 6.04. The molecule has 0 radical (unpaired) electrons. The molecular weight excluding hydrogens is 310 g/mol. The summed E-state index contributed by atoms with van der Waals surface area (Å²) in [6, 6.07) is 5.49. The molecular formula is C17H19N3O4. The molecule has 1 saturated heterocycles. The molecule has 7 nitrogen and oxygen atoms in total. The van der Waals surface area contributed by atoms with E-state index in [9.17, 15) is 4.79 Å². The van der Waals surface area contributed by atoms with Gasteiger partial charge in [-0.3, -0.25) is 4.79 Å². The predicted octanol–water partition coefficient (Wildman–Crippen LogP) is 1.68. The quantitative estimate of drug-likeness (QED) is 0.901. The van der Waals surface area contributed by atoms with Crippen LogP contribution in [0.5, 0.6) is 11.5 Å². The Kier molecular flexibility index (Phi) is 3.86. The largest absolute Gasteiger partial charge is 0.486 e. The molecule has 2 N–H and O–H groups in total. The summed E-state index contributed by atoms with van der Waals surface area (Å²) in [6.07, 6.45) is 3.14. The van der Waals surface area contributed by atoms with E-state index in [4.69, 9.17) is 19.6 Å². The van der Waals surface area contributed by atoms with Crippen molar-refractivity contribution >= 4 is 5.91 Å². The van der Waals surface area contributed by atoms with Crippen LogP contribution in [0, 0.1) is 0 Å². The molecule has 4 rings (SSSR count). The number of aromatic nitrogens is 1. The minimum absolute atomic E-state index is 0.0207. The summed E-state index contributed by atoms with van der Waals surface area (Å²) >= 11 is 0. The molecule has 2 aliphatic rings. The summed E-state index contributed by atoms with van der Waals surface area (Å²) in [5.74, 6) is 1.63. The maximum atomic E-state index is 12.8. The lowest BCUT2D eigenvalue weighted by atomic mass is 10.1. The average molecular weight is 329 g/mol. The van der Waals surface area contributed by atoms with E-state index in [2.05, 4.69) is 4.98 Å². The van der Waals surface area contributed by atoms with Gasteiger partial charge in [-0.15, -0.1) is 0 Å². The number of piperidine rings is 1. The molecule has 1 unspecified atom stereocenters. The summed E-state index contributed by atoms with van der Waals surface area (Å²) in [6.45, 7) is 2.28. The molecule has 2 aliphatic heterocycles. The van der Waals surface area contributed by atoms with Crippen LogP contribution in [0.4, 0.5) is 0 Å². The number of hydrogen-bond donors (Lipinski definition) is 1. The molecule has 0 bridgehead atoms. The summed E-state index contributed by atoms with van der Waals surface area (Å²) in [7, 11) is 0. The van der Waals surface area contributed by atoms with Crippen LogP contribution in [0.3, 0.4) is 0 Å². The van der Waals surface area contributed by atoms with E-state index in [0.29, 0.717) is 49.3 Å². The number of carbonyl (C=O) groups excluding carboxylic acids is 1. The van der Waals surface area contributed by atoms with Crippen LogP contribution in [0.15, 0.2) is 29.0 Å². The molecule has 3 heterocycles. The number of rotatable bonds is 2. The number of benzene rings is 1. The van der Waals surface area contributed by atoms with Crippen LogP contribution in [0.2, 0.25) is 0 Å². The van der Waals surface area contributed by atoms with Gasteiger partial charge in [0, 0.05) is 24.7 Å². The zero-order valence-electron chi connectivity index (χ0n) is 13.2. The van der Waals surface area contributed by atoms with E-state index >= 15 is 0 Å². The van der Waals surface area contributed by atoms with E-state index in [1.54, 1.807) is 4.90 Å². The molecule has 0 saturated carbocycles. The van der Waals surface area contributed by atoms with Crippen LogP contribution >= 0.6 is 0 Å². The van der Waals surface area contributed by atoms with Crippen LogP contribution < -0.4 is 15.2 Å². The first-order valence-corrected chi connectivity index (χ1v) is 8.11. The fourth-order valence-corrected chi connectivity index (χ4v) is 3.13. The number of fused-ring (bicyclic) bond motifs is 1. The van der Waals surface area contributed by atoms with E-state index in [1.807, 2.05) is 18.2 Å². The number of nitrogens with two attached hydrogens (primary N) is 1. The van der Waals surface area contributed by atoms with Gasteiger partial charge in [-0.2, -0.15) is 0 Å². The van der Waals surface area contributed by atoms with Gasteiger partial charge in [0.15, 0.2) is 29.3 Å². The van der Waals surface area contributed by atoms with E-state index in [-0.39, 0.29) is 11.9 Å². The minimum atomic E-state index is -0.149. The highest BCUT2D eigenvalue weighted by atomic mass is 16.6. The van der Waals surface area contributed by atoms with E-state index in [1.165, 1.54) is 6.39 Å². The van der Waals surface area contributed by atoms with Crippen molar-refractivity contribution in [2.75, 3.05) is 26.3 Å². The standard InChI is InChI=1S/C17H19N3O4/c18-12-2-1-5-20(9-12)17(21)15-16(24-10-19-15)11-3-4-13-14(8-11)23-7-6-22-13/h3-4,8,10,12H,1-2,5-7,9,18H2. The van der Waals surface area contributed by atoms with Crippen molar-refractivity contribution in [3.8, 4) is 22.8 Å². The Morgan fingerprint density at radius 2 is 2.08 bits per heavy atom. The Hall–Kier alpha value is -2.54.